The van der Waals surface area contributed by atoms with Crippen LogP contribution in [-0.4, -0.2) is 139 Å². The van der Waals surface area contributed by atoms with Gasteiger partial charge in [-0.3, -0.25) is 28.8 Å². The molecule has 6 rings (SSSR count). The lowest BCUT2D eigenvalue weighted by atomic mass is 9.42. The van der Waals surface area contributed by atoms with Gasteiger partial charge in [-0.2, -0.15) is 0 Å². The molecule has 0 spiro atoms. The van der Waals surface area contributed by atoms with Crippen molar-refractivity contribution < 1.29 is 87.9 Å². The van der Waals surface area contributed by atoms with Gasteiger partial charge in [0.05, 0.1) is 47.9 Å². The van der Waals surface area contributed by atoms with Gasteiger partial charge in [-0.1, -0.05) is 69.3 Å². The monoisotopic (exact) mass is 950 g/mol. The summed E-state index contributed by atoms with van der Waals surface area (Å²) in [5.41, 5.74) is -8.07. The van der Waals surface area contributed by atoms with Crippen LogP contribution in [-0.2, 0) is 52.5 Å². The van der Waals surface area contributed by atoms with Crippen molar-refractivity contribution in [2.24, 2.45) is 28.6 Å². The lowest BCUT2D eigenvalue weighted by Gasteiger charge is -2.68. The number of aliphatic hydroxyl groups is 4. The Morgan fingerprint density at radius 3 is 2.13 bits per heavy atom. The molecule has 7 unspecified atom stereocenters. The van der Waals surface area contributed by atoms with E-state index in [1.165, 1.54) is 19.1 Å². The predicted octanol–water partition coefficient (Wildman–Crippen LogP) is 1.17. The van der Waals surface area contributed by atoms with Gasteiger partial charge in [0.1, 0.15) is 17.7 Å². The molecule has 3 saturated carbocycles. The molecular weight excluding hydrogens is 893 g/mol. The minimum Gasteiger partial charge on any atom is -0.481 e. The molecule has 8 N–H and O–H groups in total. The first-order chi connectivity index (χ1) is 31.9. The molecule has 4 aliphatic rings. The van der Waals surface area contributed by atoms with Crippen molar-refractivity contribution in [3.63, 3.8) is 0 Å². The van der Waals surface area contributed by atoms with Gasteiger partial charge in [0.2, 0.25) is 12.0 Å². The van der Waals surface area contributed by atoms with Gasteiger partial charge < -0.3 is 60.2 Å². The Hall–Kier alpha value is -6.06. The summed E-state index contributed by atoms with van der Waals surface area (Å²) in [5, 5.41) is 72.6. The molecule has 68 heavy (non-hydrogen) atoms. The third kappa shape index (κ3) is 9.64. The maximum atomic E-state index is 15.0. The number of nitrogens with one attached hydrogen (secondary N) is 2. The van der Waals surface area contributed by atoms with Crippen LogP contribution in [0.2, 0.25) is 0 Å². The topological polar surface area (TPSA) is 319 Å². The first-order valence-corrected chi connectivity index (χ1v) is 22.3. The predicted molar refractivity (Wildman–Crippen MR) is 233 cm³/mol. The Kier molecular flexibility index (Phi) is 15.0. The molecule has 1 aliphatic heterocycles. The zero-order valence-corrected chi connectivity index (χ0v) is 38.2. The number of carboxylic acid groups (broad SMARTS) is 2. The van der Waals surface area contributed by atoms with Crippen LogP contribution in [0.5, 0.6) is 0 Å². The van der Waals surface area contributed by atoms with Gasteiger partial charge in [0.25, 0.3) is 5.91 Å². The highest BCUT2D eigenvalue weighted by Crippen LogP contribution is 2.64. The highest BCUT2D eigenvalue weighted by molar-refractivity contribution is 6.00. The van der Waals surface area contributed by atoms with Crippen molar-refractivity contribution in [3.05, 3.63) is 83.4 Å². The number of ether oxygens (including phenoxy) is 4. The minimum absolute atomic E-state index is 0.131. The Labute approximate surface area is 391 Å². The fourth-order valence-corrected chi connectivity index (χ4v) is 10.8. The Bertz CT molecular complexity index is 2320. The van der Waals surface area contributed by atoms with E-state index in [-0.39, 0.29) is 37.1 Å². The smallest absolute Gasteiger partial charge is 0.350 e. The molecule has 13 atom stereocenters. The number of carbonyl (C=O) groups is 8. The summed E-state index contributed by atoms with van der Waals surface area (Å²) in [5.74, 6) is -12.5. The van der Waals surface area contributed by atoms with E-state index in [0.717, 1.165) is 6.92 Å². The van der Waals surface area contributed by atoms with Crippen LogP contribution in [0.15, 0.2) is 72.3 Å². The van der Waals surface area contributed by atoms with E-state index < -0.39 is 155 Å². The lowest BCUT2D eigenvalue weighted by Crippen LogP contribution is -2.82. The highest BCUT2D eigenvalue weighted by atomic mass is 16.6. The molecule has 2 amide bonds. The van der Waals surface area contributed by atoms with Crippen LogP contribution in [0, 0.1) is 28.6 Å². The Balaban J connectivity index is 1.35. The zero-order valence-electron chi connectivity index (χ0n) is 38.2. The van der Waals surface area contributed by atoms with E-state index in [2.05, 4.69) is 10.6 Å². The number of carboxylic acids is 2. The second kappa shape index (κ2) is 19.9. The maximum Gasteiger partial charge on any atom is 0.350 e. The zero-order chi connectivity index (χ0) is 50.1. The van der Waals surface area contributed by atoms with Crippen LogP contribution in [0.4, 0.5) is 0 Å². The second-order valence-electron chi connectivity index (χ2n) is 18.9. The van der Waals surface area contributed by atoms with Crippen LogP contribution < -0.4 is 10.6 Å². The van der Waals surface area contributed by atoms with Crippen molar-refractivity contribution in [1.29, 1.82) is 0 Å². The molecule has 3 aliphatic carbocycles. The minimum atomic E-state index is -2.36. The summed E-state index contributed by atoms with van der Waals surface area (Å²) in [6, 6.07) is 14.4. The number of hydrogen-bond acceptors (Lipinski definition) is 16. The van der Waals surface area contributed by atoms with Gasteiger partial charge in [0, 0.05) is 67.5 Å². The number of fused-ring (bicyclic) bond motifs is 5. The van der Waals surface area contributed by atoms with Gasteiger partial charge in [0.15, 0.2) is 11.9 Å². The molecular formula is C48H58N2O18. The maximum absolute atomic E-state index is 15.0. The summed E-state index contributed by atoms with van der Waals surface area (Å²) in [7, 11) is 0. The lowest BCUT2D eigenvalue weighted by molar-refractivity contribution is -0.355. The molecule has 20 nitrogen and oxygen atoms in total. The molecule has 0 radical (unpaired) electrons. The molecule has 20 heteroatoms. The molecule has 2 aromatic rings. The van der Waals surface area contributed by atoms with Crippen LogP contribution >= 0.6 is 0 Å². The number of hydrogen-bond donors (Lipinski definition) is 8. The van der Waals surface area contributed by atoms with E-state index in [1.807, 2.05) is 0 Å². The van der Waals surface area contributed by atoms with E-state index in [9.17, 15) is 59.1 Å². The first-order valence-electron chi connectivity index (χ1n) is 22.3. The molecule has 368 valence electrons. The first kappa shape index (κ1) is 51.3. The average Bonchev–Trinajstić information content (AvgIpc) is 3.28. The number of rotatable bonds is 16. The summed E-state index contributed by atoms with van der Waals surface area (Å²) in [6.07, 6.45) is -11.4. The number of Topliss-reactive ketones (excluding diaryl/α,β-unsaturated/α-hetero) is 1. The van der Waals surface area contributed by atoms with Crippen LogP contribution in [0.1, 0.15) is 88.7 Å². The van der Waals surface area contributed by atoms with Gasteiger partial charge in [-0.15, -0.1) is 0 Å². The van der Waals surface area contributed by atoms with Crippen molar-refractivity contribution in [1.82, 2.24) is 10.6 Å². The number of carbonyl (C=O) groups excluding carboxylic acids is 6. The Morgan fingerprint density at radius 1 is 0.926 bits per heavy atom. The number of esters is 3. The van der Waals surface area contributed by atoms with Crippen LogP contribution in [0.25, 0.3) is 0 Å². The molecule has 4 fully saturated rings. The van der Waals surface area contributed by atoms with E-state index >= 15 is 4.79 Å². The summed E-state index contributed by atoms with van der Waals surface area (Å²) < 4.78 is 23.4. The van der Waals surface area contributed by atoms with E-state index in [0.29, 0.717) is 6.08 Å². The number of benzene rings is 2. The summed E-state index contributed by atoms with van der Waals surface area (Å²) in [4.78, 5) is 105. The SMILES string of the molecule is CC(=O)OC1C(=O)C2(C)C(O)CC3OC[C@@]3(O)[C@H]2[C@H](O)C2(O)C[C@H](OC(=O)[C@H](OC(=O)CCCNC(=O)/C=C(/CC(=O)O)C(=O)O)[C@@H](NC(=O)c3ccccc3)c3ccccc3)C(C)C1C2(C)C. The molecule has 2 bridgehead atoms. The third-order valence-corrected chi connectivity index (χ3v) is 14.5. The van der Waals surface area contributed by atoms with Crippen molar-refractivity contribution >= 4 is 47.4 Å². The van der Waals surface area contributed by atoms with E-state index in [1.54, 1.807) is 69.3 Å². The second-order valence-corrected chi connectivity index (χ2v) is 18.9. The fourth-order valence-electron chi connectivity index (χ4n) is 10.8. The summed E-state index contributed by atoms with van der Waals surface area (Å²) >= 11 is 0. The number of ketones is 1. The quantitative estimate of drug-likeness (QED) is 0.0507. The highest BCUT2D eigenvalue weighted by Gasteiger charge is 2.77. The molecule has 2 aromatic carbocycles. The molecule has 0 aromatic heterocycles. The number of aliphatic hydroxyl groups excluding tert-OH is 2. The van der Waals surface area contributed by atoms with Gasteiger partial charge in [-0.05, 0) is 31.0 Å². The standard InChI is InChI=1S/C48H58N2O18/c1-24-29(22-48(64)41(58)39-46(5,30(52)21-31-47(39,63)23-65-31)40(57)37(66-25(2)51)35(24)45(48,3)4)67-44(62)38(36(26-13-8-6-9-14-26)50-42(59)27-15-10-7-11-16-27)68-34(56)17-12-18-49-32(53)19-28(43(60)61)20-33(54)55/h6-11,13-16,19,24,29-31,35-39,41,52,58,63-64H,12,17-18,20-23H2,1-5H3,(H,49,53)(H,50,59)(H,54,55)(H,60,61)/b28-19-/t24?,29-,30?,31?,35?,36-,37?,38+,39-,41-,46?,47-,48?/m0/s1. The van der Waals surface area contributed by atoms with Gasteiger partial charge >= 0.3 is 29.8 Å². The number of aliphatic carboxylic acids is 2. The largest absolute Gasteiger partial charge is 0.481 e. The number of amides is 2. The third-order valence-electron chi connectivity index (χ3n) is 14.5. The fraction of sp³-hybridized carbons (Fsp3) is 0.542. The Morgan fingerprint density at radius 2 is 1.56 bits per heavy atom. The molecule has 1 saturated heterocycles. The normalized spacial score (nSPS) is 32.4. The van der Waals surface area contributed by atoms with E-state index in [4.69, 9.17) is 24.1 Å². The van der Waals surface area contributed by atoms with Crippen molar-refractivity contribution in [2.75, 3.05) is 13.2 Å². The van der Waals surface area contributed by atoms with Crippen molar-refractivity contribution in [2.45, 2.75) is 121 Å². The van der Waals surface area contributed by atoms with Crippen molar-refractivity contribution in [3.8, 4) is 0 Å². The summed E-state index contributed by atoms with van der Waals surface area (Å²) in [6.45, 7) is 6.52. The van der Waals surface area contributed by atoms with Crippen LogP contribution in [0.3, 0.4) is 0 Å². The molecule has 1 heterocycles. The van der Waals surface area contributed by atoms with Gasteiger partial charge in [-0.25, -0.2) is 9.59 Å². The average molecular weight is 951 g/mol.